The Kier molecular flexibility index (Phi) is 3.50. The Morgan fingerprint density at radius 3 is 2.50 bits per heavy atom. The molecule has 3 rings (SSSR count). The van der Waals surface area contributed by atoms with Crippen molar-refractivity contribution < 1.29 is 0 Å². The van der Waals surface area contributed by atoms with Gasteiger partial charge in [-0.3, -0.25) is 0 Å². The van der Waals surface area contributed by atoms with Crippen molar-refractivity contribution in [2.24, 2.45) is 0 Å². The minimum Gasteiger partial charge on any atom is -0.143 e. The van der Waals surface area contributed by atoms with Crippen molar-refractivity contribution in [2.75, 3.05) is 0 Å². The summed E-state index contributed by atoms with van der Waals surface area (Å²) < 4.78 is 2.44. The molecule has 2 heterocycles. The standard InChI is InChI=1S/C14H10BrClS2/c1-8-10(15)7-13(17-8)14(16)12-6-9-4-2-3-5-11(9)18-12/h2-7,14H,1H3. The number of fused-ring (bicyclic) bond motifs is 1. The third kappa shape index (κ3) is 2.25. The van der Waals surface area contributed by atoms with Crippen LogP contribution in [0.1, 0.15) is 20.0 Å². The molecule has 0 saturated carbocycles. The van der Waals surface area contributed by atoms with E-state index in [9.17, 15) is 0 Å². The van der Waals surface area contributed by atoms with E-state index in [1.165, 1.54) is 24.7 Å². The van der Waals surface area contributed by atoms with Crippen molar-refractivity contribution in [2.45, 2.75) is 12.3 Å². The maximum absolute atomic E-state index is 6.59. The van der Waals surface area contributed by atoms with Gasteiger partial charge in [0, 0.05) is 23.8 Å². The van der Waals surface area contributed by atoms with Gasteiger partial charge in [-0.05, 0) is 46.4 Å². The molecule has 4 heteroatoms. The van der Waals surface area contributed by atoms with E-state index in [1.807, 2.05) is 0 Å². The summed E-state index contributed by atoms with van der Waals surface area (Å²) in [5, 5.41) is 1.23. The largest absolute Gasteiger partial charge is 0.143 e. The number of halogens is 2. The van der Waals surface area contributed by atoms with Crippen molar-refractivity contribution >= 4 is 60.3 Å². The summed E-state index contributed by atoms with van der Waals surface area (Å²) >= 11 is 13.7. The molecule has 1 atom stereocenters. The average molecular weight is 358 g/mol. The van der Waals surface area contributed by atoms with E-state index in [0.717, 1.165) is 4.47 Å². The van der Waals surface area contributed by atoms with Gasteiger partial charge >= 0.3 is 0 Å². The van der Waals surface area contributed by atoms with Crippen LogP contribution in [-0.4, -0.2) is 0 Å². The monoisotopic (exact) mass is 356 g/mol. The molecular formula is C14H10BrClS2. The van der Waals surface area contributed by atoms with Crippen LogP contribution in [0, 0.1) is 6.92 Å². The molecule has 0 fully saturated rings. The van der Waals surface area contributed by atoms with Gasteiger partial charge in [0.25, 0.3) is 0 Å². The molecule has 0 aliphatic carbocycles. The molecule has 1 aromatic carbocycles. The van der Waals surface area contributed by atoms with Gasteiger partial charge in [0.1, 0.15) is 5.38 Å². The second-order valence-corrected chi connectivity index (χ2v) is 7.80. The first-order valence-electron chi connectivity index (χ1n) is 5.53. The van der Waals surface area contributed by atoms with E-state index in [2.05, 4.69) is 59.3 Å². The number of hydrogen-bond donors (Lipinski definition) is 0. The second-order valence-electron chi connectivity index (χ2n) is 4.10. The van der Waals surface area contributed by atoms with Crippen molar-refractivity contribution in [3.05, 3.63) is 55.5 Å². The van der Waals surface area contributed by atoms with E-state index < -0.39 is 0 Å². The first kappa shape index (κ1) is 12.7. The molecule has 0 aliphatic heterocycles. The number of aryl methyl sites for hydroxylation is 1. The van der Waals surface area contributed by atoms with Gasteiger partial charge in [0.15, 0.2) is 0 Å². The van der Waals surface area contributed by atoms with E-state index in [1.54, 1.807) is 22.7 Å². The summed E-state index contributed by atoms with van der Waals surface area (Å²) in [6.07, 6.45) is 0. The maximum Gasteiger partial charge on any atom is 0.102 e. The zero-order valence-electron chi connectivity index (χ0n) is 9.61. The van der Waals surface area contributed by atoms with Gasteiger partial charge in [-0.25, -0.2) is 0 Å². The number of hydrogen-bond acceptors (Lipinski definition) is 2. The second kappa shape index (κ2) is 4.97. The fraction of sp³-hybridized carbons (Fsp3) is 0.143. The lowest BCUT2D eigenvalue weighted by atomic mass is 10.2. The molecule has 0 N–H and O–H groups in total. The molecule has 3 aromatic rings. The number of alkyl halides is 1. The Morgan fingerprint density at radius 2 is 1.83 bits per heavy atom. The van der Waals surface area contributed by atoms with Crippen LogP contribution in [0.3, 0.4) is 0 Å². The van der Waals surface area contributed by atoms with Crippen LogP contribution < -0.4 is 0 Å². The zero-order valence-corrected chi connectivity index (χ0v) is 13.6. The Balaban J connectivity index is 2.03. The first-order valence-corrected chi connectivity index (χ1v) is 8.40. The van der Waals surface area contributed by atoms with Crippen molar-refractivity contribution in [3.8, 4) is 0 Å². The topological polar surface area (TPSA) is 0 Å². The number of rotatable bonds is 2. The highest BCUT2D eigenvalue weighted by Crippen LogP contribution is 2.41. The van der Waals surface area contributed by atoms with Crippen LogP contribution in [0.25, 0.3) is 10.1 Å². The summed E-state index contributed by atoms with van der Waals surface area (Å²) in [7, 11) is 0. The number of thiophene rings is 2. The maximum atomic E-state index is 6.59. The summed E-state index contributed by atoms with van der Waals surface area (Å²) in [6, 6.07) is 12.7. The lowest BCUT2D eigenvalue weighted by molar-refractivity contribution is 1.24. The van der Waals surface area contributed by atoms with Crippen LogP contribution >= 0.6 is 50.2 Å². The van der Waals surface area contributed by atoms with Crippen LogP contribution in [0.5, 0.6) is 0 Å². The lowest BCUT2D eigenvalue weighted by Crippen LogP contribution is -1.84. The highest BCUT2D eigenvalue weighted by molar-refractivity contribution is 9.10. The summed E-state index contributed by atoms with van der Waals surface area (Å²) in [6.45, 7) is 2.10. The minimum atomic E-state index is -0.0441. The summed E-state index contributed by atoms with van der Waals surface area (Å²) in [5.41, 5.74) is 0. The van der Waals surface area contributed by atoms with Crippen LogP contribution in [0.4, 0.5) is 0 Å². The molecule has 18 heavy (non-hydrogen) atoms. The molecule has 2 aromatic heterocycles. The molecule has 0 bridgehead atoms. The smallest absolute Gasteiger partial charge is 0.102 e. The van der Waals surface area contributed by atoms with Gasteiger partial charge in [-0.15, -0.1) is 34.3 Å². The van der Waals surface area contributed by atoms with Crippen LogP contribution in [0.2, 0.25) is 0 Å². The predicted molar refractivity (Wildman–Crippen MR) is 86.3 cm³/mol. The molecule has 0 radical (unpaired) electrons. The quantitative estimate of drug-likeness (QED) is 0.468. The summed E-state index contributed by atoms with van der Waals surface area (Å²) in [4.78, 5) is 3.69. The van der Waals surface area contributed by atoms with Crippen LogP contribution in [-0.2, 0) is 0 Å². The highest BCUT2D eigenvalue weighted by Gasteiger charge is 2.17. The molecule has 0 nitrogen and oxygen atoms in total. The molecule has 0 amide bonds. The molecule has 0 aliphatic rings. The highest BCUT2D eigenvalue weighted by atomic mass is 79.9. The lowest BCUT2D eigenvalue weighted by Gasteiger charge is -2.02. The average Bonchev–Trinajstić information content (AvgIpc) is 2.93. The Labute approximate surface area is 127 Å². The minimum absolute atomic E-state index is 0.0441. The fourth-order valence-corrected chi connectivity index (χ4v) is 4.96. The van der Waals surface area contributed by atoms with Crippen molar-refractivity contribution in [1.29, 1.82) is 0 Å². The molecular weight excluding hydrogens is 348 g/mol. The molecule has 0 saturated heterocycles. The normalized spacial score (nSPS) is 13.1. The Hall–Kier alpha value is -0.350. The SMILES string of the molecule is Cc1sc(C(Cl)c2cc3ccccc3s2)cc1Br. The number of benzene rings is 1. The summed E-state index contributed by atoms with van der Waals surface area (Å²) in [5.74, 6) is 0. The fourth-order valence-electron chi connectivity index (χ4n) is 1.87. The van der Waals surface area contributed by atoms with Gasteiger partial charge in [-0.2, -0.15) is 0 Å². The zero-order chi connectivity index (χ0) is 12.7. The molecule has 92 valence electrons. The first-order chi connectivity index (χ1) is 8.65. The van der Waals surface area contributed by atoms with Crippen molar-refractivity contribution in [1.82, 2.24) is 0 Å². The van der Waals surface area contributed by atoms with Gasteiger partial charge in [0.05, 0.1) is 0 Å². The van der Waals surface area contributed by atoms with Gasteiger partial charge < -0.3 is 0 Å². The Morgan fingerprint density at radius 1 is 1.11 bits per heavy atom. The molecule has 1 unspecified atom stereocenters. The van der Waals surface area contributed by atoms with E-state index >= 15 is 0 Å². The third-order valence-electron chi connectivity index (χ3n) is 2.82. The predicted octanol–water partition coefficient (Wildman–Crippen LogP) is 6.36. The van der Waals surface area contributed by atoms with Crippen molar-refractivity contribution in [3.63, 3.8) is 0 Å². The van der Waals surface area contributed by atoms with Gasteiger partial charge in [-0.1, -0.05) is 18.2 Å². The van der Waals surface area contributed by atoms with Crippen LogP contribution in [0.15, 0.2) is 40.9 Å². The van der Waals surface area contributed by atoms with E-state index in [0.29, 0.717) is 0 Å². The van der Waals surface area contributed by atoms with E-state index in [4.69, 9.17) is 11.6 Å². The Bertz CT molecular complexity index is 646. The third-order valence-corrected chi connectivity index (χ3v) is 6.93. The van der Waals surface area contributed by atoms with E-state index in [-0.39, 0.29) is 5.38 Å². The van der Waals surface area contributed by atoms with Gasteiger partial charge in [0.2, 0.25) is 0 Å². The molecule has 0 spiro atoms.